The van der Waals surface area contributed by atoms with Crippen molar-refractivity contribution in [3.63, 3.8) is 0 Å². The number of anilines is 1. The Kier molecular flexibility index (Phi) is 4.14. The van der Waals surface area contributed by atoms with Gasteiger partial charge in [-0.1, -0.05) is 19.0 Å². The lowest BCUT2D eigenvalue weighted by atomic mass is 10.1. The highest BCUT2D eigenvalue weighted by molar-refractivity contribution is 7.13. The number of primary amides is 1. The van der Waals surface area contributed by atoms with E-state index in [9.17, 15) is 9.59 Å². The summed E-state index contributed by atoms with van der Waals surface area (Å²) in [5.41, 5.74) is 5.61. The summed E-state index contributed by atoms with van der Waals surface area (Å²) in [6.07, 6.45) is 1.89. The molecule has 2 amide bonds. The molecule has 0 aliphatic carbocycles. The van der Waals surface area contributed by atoms with Crippen LogP contribution in [0.5, 0.6) is 0 Å². The summed E-state index contributed by atoms with van der Waals surface area (Å²) in [6, 6.07) is 0. The molecule has 2 aromatic rings. The van der Waals surface area contributed by atoms with Gasteiger partial charge in [-0.05, 0) is 5.92 Å². The van der Waals surface area contributed by atoms with Crippen LogP contribution in [-0.2, 0) is 4.79 Å². The van der Waals surface area contributed by atoms with Crippen molar-refractivity contribution < 1.29 is 14.1 Å². The first-order chi connectivity index (χ1) is 9.49. The second-order valence-corrected chi connectivity index (χ2v) is 5.48. The Labute approximate surface area is 119 Å². The minimum atomic E-state index is -0.726. The average Bonchev–Trinajstić information content (AvgIpc) is 2.94. The molecule has 0 atom stereocenters. The van der Waals surface area contributed by atoms with Gasteiger partial charge in [0.25, 0.3) is 5.91 Å². The number of nitrogens with one attached hydrogen (secondary N) is 1. The molecule has 0 unspecified atom stereocenters. The van der Waals surface area contributed by atoms with Crippen molar-refractivity contribution in [2.45, 2.75) is 20.3 Å². The van der Waals surface area contributed by atoms with Crippen molar-refractivity contribution in [2.75, 3.05) is 5.32 Å². The van der Waals surface area contributed by atoms with Gasteiger partial charge in [0.15, 0.2) is 5.69 Å². The van der Waals surface area contributed by atoms with Crippen molar-refractivity contribution in [3.8, 4) is 10.7 Å². The number of nitrogens with two attached hydrogens (primary N) is 1. The highest BCUT2D eigenvalue weighted by Crippen LogP contribution is 2.29. The molecule has 2 heterocycles. The van der Waals surface area contributed by atoms with Gasteiger partial charge in [0.1, 0.15) is 10.6 Å². The van der Waals surface area contributed by atoms with Crippen LogP contribution in [0.4, 0.5) is 5.88 Å². The molecule has 0 aliphatic heterocycles. The summed E-state index contributed by atoms with van der Waals surface area (Å²) >= 11 is 1.30. The van der Waals surface area contributed by atoms with Crippen LogP contribution in [0.2, 0.25) is 0 Å². The summed E-state index contributed by atoms with van der Waals surface area (Å²) in [5, 5.41) is 8.53. The van der Waals surface area contributed by atoms with E-state index in [1.54, 1.807) is 11.6 Å². The first kappa shape index (κ1) is 14.2. The second-order valence-electron chi connectivity index (χ2n) is 4.58. The third-order valence-electron chi connectivity index (χ3n) is 2.42. The predicted molar refractivity (Wildman–Crippen MR) is 74.2 cm³/mol. The first-order valence-corrected chi connectivity index (χ1v) is 6.86. The van der Waals surface area contributed by atoms with Crippen molar-refractivity contribution >= 4 is 29.0 Å². The van der Waals surface area contributed by atoms with E-state index in [2.05, 4.69) is 15.5 Å². The number of thiazole rings is 1. The SMILES string of the molecule is CC(C)CC(=O)Nc1onc(-c2nccs2)c1C(N)=O. The lowest BCUT2D eigenvalue weighted by Gasteiger charge is -2.04. The zero-order valence-corrected chi connectivity index (χ0v) is 11.9. The second kappa shape index (κ2) is 5.83. The quantitative estimate of drug-likeness (QED) is 0.874. The molecule has 0 saturated carbocycles. The minimum Gasteiger partial charge on any atom is -0.365 e. The fraction of sp³-hybridized carbons (Fsp3) is 0.333. The van der Waals surface area contributed by atoms with Gasteiger partial charge in [-0.2, -0.15) is 0 Å². The number of amides is 2. The molecule has 8 heteroatoms. The van der Waals surface area contributed by atoms with Crippen LogP contribution in [-0.4, -0.2) is 22.0 Å². The molecule has 0 aliphatic rings. The molecular weight excluding hydrogens is 280 g/mol. The van der Waals surface area contributed by atoms with Gasteiger partial charge in [0, 0.05) is 18.0 Å². The van der Waals surface area contributed by atoms with E-state index in [1.165, 1.54) is 11.3 Å². The van der Waals surface area contributed by atoms with Gasteiger partial charge in [-0.25, -0.2) is 4.98 Å². The summed E-state index contributed by atoms with van der Waals surface area (Å²) in [6.45, 7) is 3.83. The summed E-state index contributed by atoms with van der Waals surface area (Å²) in [5.74, 6) is -0.831. The van der Waals surface area contributed by atoms with E-state index in [0.29, 0.717) is 11.4 Å². The Balaban J connectivity index is 2.31. The Hall–Kier alpha value is -2.22. The maximum atomic E-state index is 11.7. The molecule has 0 bridgehead atoms. The molecule has 0 fully saturated rings. The molecule has 3 N–H and O–H groups in total. The molecule has 7 nitrogen and oxygen atoms in total. The molecule has 106 valence electrons. The topological polar surface area (TPSA) is 111 Å². The fourth-order valence-electron chi connectivity index (χ4n) is 1.64. The smallest absolute Gasteiger partial charge is 0.256 e. The number of aromatic nitrogens is 2. The summed E-state index contributed by atoms with van der Waals surface area (Å²) < 4.78 is 5.02. The molecule has 0 spiro atoms. The zero-order chi connectivity index (χ0) is 14.7. The van der Waals surface area contributed by atoms with E-state index >= 15 is 0 Å². The number of rotatable bonds is 5. The Morgan fingerprint density at radius 1 is 1.50 bits per heavy atom. The first-order valence-electron chi connectivity index (χ1n) is 5.98. The number of carbonyl (C=O) groups is 2. The Bertz CT molecular complexity index is 619. The van der Waals surface area contributed by atoms with E-state index < -0.39 is 5.91 Å². The van der Waals surface area contributed by atoms with Crippen LogP contribution in [0.25, 0.3) is 10.7 Å². The van der Waals surface area contributed by atoms with Crippen LogP contribution in [0.15, 0.2) is 16.1 Å². The molecular formula is C12H14N4O3S. The van der Waals surface area contributed by atoms with E-state index in [0.717, 1.165) is 0 Å². The highest BCUT2D eigenvalue weighted by atomic mass is 32.1. The van der Waals surface area contributed by atoms with Crippen LogP contribution in [0.1, 0.15) is 30.6 Å². The van der Waals surface area contributed by atoms with E-state index in [1.807, 2.05) is 13.8 Å². The van der Waals surface area contributed by atoms with E-state index in [4.69, 9.17) is 10.3 Å². The molecule has 0 radical (unpaired) electrons. The molecule has 0 saturated heterocycles. The molecule has 2 rings (SSSR count). The van der Waals surface area contributed by atoms with Crippen molar-refractivity contribution in [1.82, 2.24) is 10.1 Å². The van der Waals surface area contributed by atoms with Crippen LogP contribution < -0.4 is 11.1 Å². The number of hydrogen-bond acceptors (Lipinski definition) is 6. The van der Waals surface area contributed by atoms with Gasteiger partial charge in [-0.15, -0.1) is 11.3 Å². The number of nitrogens with zero attached hydrogens (tertiary/aromatic N) is 2. The summed E-state index contributed by atoms with van der Waals surface area (Å²) in [7, 11) is 0. The van der Waals surface area contributed by atoms with Crippen LogP contribution >= 0.6 is 11.3 Å². The maximum absolute atomic E-state index is 11.7. The predicted octanol–water partition coefficient (Wildman–Crippen LogP) is 1.88. The number of carbonyl (C=O) groups excluding carboxylic acids is 2. The third-order valence-corrected chi connectivity index (χ3v) is 3.20. The Morgan fingerprint density at radius 2 is 2.25 bits per heavy atom. The average molecular weight is 294 g/mol. The van der Waals surface area contributed by atoms with E-state index in [-0.39, 0.29) is 29.0 Å². The maximum Gasteiger partial charge on any atom is 0.256 e. The van der Waals surface area contributed by atoms with Crippen molar-refractivity contribution in [2.24, 2.45) is 11.7 Å². The third kappa shape index (κ3) is 3.02. The monoisotopic (exact) mass is 294 g/mol. The minimum absolute atomic E-state index is 0.0339. The Morgan fingerprint density at radius 3 is 2.80 bits per heavy atom. The van der Waals surface area contributed by atoms with Gasteiger partial charge in [0.05, 0.1) is 0 Å². The summed E-state index contributed by atoms with van der Waals surface area (Å²) in [4.78, 5) is 27.3. The molecule has 2 aromatic heterocycles. The van der Waals surface area contributed by atoms with Crippen molar-refractivity contribution in [3.05, 3.63) is 17.1 Å². The highest BCUT2D eigenvalue weighted by Gasteiger charge is 2.25. The molecule has 0 aromatic carbocycles. The van der Waals surface area contributed by atoms with Gasteiger partial charge in [0.2, 0.25) is 11.8 Å². The number of hydrogen-bond donors (Lipinski definition) is 2. The van der Waals surface area contributed by atoms with Crippen molar-refractivity contribution in [1.29, 1.82) is 0 Å². The van der Waals surface area contributed by atoms with Gasteiger partial charge >= 0.3 is 0 Å². The van der Waals surface area contributed by atoms with Gasteiger partial charge < -0.3 is 10.3 Å². The van der Waals surface area contributed by atoms with Crippen LogP contribution in [0, 0.1) is 5.92 Å². The lowest BCUT2D eigenvalue weighted by Crippen LogP contribution is -2.18. The lowest BCUT2D eigenvalue weighted by molar-refractivity contribution is -0.117. The standard InChI is InChI=1S/C12H14N4O3S/c1-6(2)5-7(17)15-11-8(10(13)18)9(16-19-11)12-14-3-4-20-12/h3-4,6H,5H2,1-2H3,(H2,13,18)(H,15,17). The fourth-order valence-corrected chi connectivity index (χ4v) is 2.26. The normalized spacial score (nSPS) is 10.8. The zero-order valence-electron chi connectivity index (χ0n) is 11.0. The molecule has 20 heavy (non-hydrogen) atoms. The largest absolute Gasteiger partial charge is 0.365 e. The van der Waals surface area contributed by atoms with Gasteiger partial charge in [-0.3, -0.25) is 14.9 Å². The van der Waals surface area contributed by atoms with Crippen LogP contribution in [0.3, 0.4) is 0 Å².